The van der Waals surface area contributed by atoms with Gasteiger partial charge in [-0.1, -0.05) is 54.2 Å². The van der Waals surface area contributed by atoms with Gasteiger partial charge in [-0.15, -0.1) is 0 Å². The minimum absolute atomic E-state index is 0.0740. The molecule has 4 rings (SSSR count). The van der Waals surface area contributed by atoms with Crippen molar-refractivity contribution in [3.8, 4) is 0 Å². The molecule has 132 valence electrons. The van der Waals surface area contributed by atoms with Crippen LogP contribution in [0, 0.1) is 6.92 Å². The summed E-state index contributed by atoms with van der Waals surface area (Å²) in [6.45, 7) is 2.82. The maximum atomic E-state index is 12.4. The number of hydrogen-bond donors (Lipinski definition) is 0. The van der Waals surface area contributed by atoms with Gasteiger partial charge in [0.15, 0.2) is 5.82 Å². The third kappa shape index (κ3) is 3.60. The topological polar surface area (TPSA) is 59.2 Å². The van der Waals surface area contributed by atoms with Gasteiger partial charge in [0.1, 0.15) is 0 Å². The van der Waals surface area contributed by atoms with Crippen molar-refractivity contribution in [3.05, 3.63) is 47.1 Å². The van der Waals surface area contributed by atoms with Crippen molar-refractivity contribution in [1.29, 1.82) is 0 Å². The summed E-state index contributed by atoms with van der Waals surface area (Å²) in [6, 6.07) is 8.77. The first kappa shape index (κ1) is 16.3. The zero-order valence-corrected chi connectivity index (χ0v) is 14.8. The minimum Gasteiger partial charge on any atom is -0.339 e. The van der Waals surface area contributed by atoms with Crippen LogP contribution in [-0.2, 0) is 11.2 Å². The maximum Gasteiger partial charge on any atom is 0.231 e. The Morgan fingerprint density at radius 1 is 1.16 bits per heavy atom. The number of amides is 1. The number of benzene rings is 1. The molecule has 25 heavy (non-hydrogen) atoms. The first-order valence-corrected chi connectivity index (χ1v) is 9.36. The van der Waals surface area contributed by atoms with E-state index in [4.69, 9.17) is 4.52 Å². The molecule has 2 heterocycles. The SMILES string of the molecule is Cc1ccc(Cc2nc(C3CC(=O)N(C4CCCCC4)C3)no2)cc1. The van der Waals surface area contributed by atoms with Crippen molar-refractivity contribution >= 4 is 5.91 Å². The van der Waals surface area contributed by atoms with Crippen LogP contribution in [0.2, 0.25) is 0 Å². The predicted molar refractivity (Wildman–Crippen MR) is 94.2 cm³/mol. The molecule has 0 radical (unpaired) electrons. The van der Waals surface area contributed by atoms with Crippen LogP contribution >= 0.6 is 0 Å². The lowest BCUT2D eigenvalue weighted by molar-refractivity contribution is -0.130. The Balaban J connectivity index is 1.41. The van der Waals surface area contributed by atoms with E-state index in [9.17, 15) is 4.79 Å². The second kappa shape index (κ2) is 6.98. The van der Waals surface area contributed by atoms with Gasteiger partial charge in [-0.3, -0.25) is 4.79 Å². The van der Waals surface area contributed by atoms with Crippen molar-refractivity contribution in [2.45, 2.75) is 63.8 Å². The number of carbonyl (C=O) groups excluding carboxylic acids is 1. The van der Waals surface area contributed by atoms with E-state index in [1.807, 2.05) is 0 Å². The van der Waals surface area contributed by atoms with Gasteiger partial charge in [0.2, 0.25) is 11.8 Å². The third-order valence-corrected chi connectivity index (χ3v) is 5.50. The lowest BCUT2D eigenvalue weighted by Gasteiger charge is -2.31. The summed E-state index contributed by atoms with van der Waals surface area (Å²) >= 11 is 0. The maximum absolute atomic E-state index is 12.4. The summed E-state index contributed by atoms with van der Waals surface area (Å²) in [5.41, 5.74) is 2.40. The van der Waals surface area contributed by atoms with Gasteiger partial charge in [-0.05, 0) is 25.3 Å². The number of nitrogens with zero attached hydrogens (tertiary/aromatic N) is 3. The molecule has 1 aromatic heterocycles. The molecule has 5 heteroatoms. The Bertz CT molecular complexity index is 732. The zero-order chi connectivity index (χ0) is 17.2. The number of rotatable bonds is 4. The number of hydrogen-bond acceptors (Lipinski definition) is 4. The van der Waals surface area contributed by atoms with E-state index in [0.29, 0.717) is 30.6 Å². The van der Waals surface area contributed by atoms with Crippen LogP contribution in [0.4, 0.5) is 0 Å². The molecule has 0 N–H and O–H groups in total. The van der Waals surface area contributed by atoms with Crippen LogP contribution in [0.25, 0.3) is 0 Å². The van der Waals surface area contributed by atoms with Crippen LogP contribution < -0.4 is 0 Å². The molecule has 1 saturated carbocycles. The Kier molecular flexibility index (Phi) is 4.55. The largest absolute Gasteiger partial charge is 0.339 e. The van der Waals surface area contributed by atoms with Crippen LogP contribution in [0.15, 0.2) is 28.8 Å². The lowest BCUT2D eigenvalue weighted by Crippen LogP contribution is -2.37. The summed E-state index contributed by atoms with van der Waals surface area (Å²) in [5, 5.41) is 4.16. The van der Waals surface area contributed by atoms with Crippen molar-refractivity contribution < 1.29 is 9.32 Å². The Morgan fingerprint density at radius 3 is 2.68 bits per heavy atom. The normalized spacial score (nSPS) is 21.9. The monoisotopic (exact) mass is 339 g/mol. The van der Waals surface area contributed by atoms with Crippen LogP contribution in [0.1, 0.15) is 67.3 Å². The van der Waals surface area contributed by atoms with Gasteiger partial charge in [0.25, 0.3) is 0 Å². The smallest absolute Gasteiger partial charge is 0.231 e. The fourth-order valence-corrected chi connectivity index (χ4v) is 4.04. The first-order chi connectivity index (χ1) is 12.2. The zero-order valence-electron chi connectivity index (χ0n) is 14.8. The van der Waals surface area contributed by atoms with Crippen molar-refractivity contribution in [3.63, 3.8) is 0 Å². The van der Waals surface area contributed by atoms with Crippen molar-refractivity contribution in [2.24, 2.45) is 0 Å². The number of carbonyl (C=O) groups is 1. The van der Waals surface area contributed by atoms with E-state index in [1.165, 1.54) is 24.8 Å². The van der Waals surface area contributed by atoms with Crippen LogP contribution in [0.5, 0.6) is 0 Å². The highest BCUT2D eigenvalue weighted by Gasteiger charge is 2.37. The molecule has 1 unspecified atom stereocenters. The molecule has 0 spiro atoms. The molecule has 1 aliphatic heterocycles. The van der Waals surface area contributed by atoms with E-state index in [1.54, 1.807) is 0 Å². The summed E-state index contributed by atoms with van der Waals surface area (Å²) in [5.74, 6) is 1.64. The van der Waals surface area contributed by atoms with E-state index in [2.05, 4.69) is 46.2 Å². The Hall–Kier alpha value is -2.17. The molecule has 0 bridgehead atoms. The van der Waals surface area contributed by atoms with Crippen molar-refractivity contribution in [2.75, 3.05) is 6.54 Å². The van der Waals surface area contributed by atoms with E-state index < -0.39 is 0 Å². The standard InChI is InChI=1S/C20H25N3O2/c1-14-7-9-15(10-8-14)11-18-21-20(22-25-18)16-12-19(24)23(13-16)17-5-3-2-4-6-17/h7-10,16-17H,2-6,11-13H2,1H3. The van der Waals surface area contributed by atoms with Gasteiger partial charge in [0, 0.05) is 24.9 Å². The third-order valence-electron chi connectivity index (χ3n) is 5.50. The molecule has 1 atom stereocenters. The van der Waals surface area contributed by atoms with E-state index in [0.717, 1.165) is 24.9 Å². The molecule has 2 fully saturated rings. The predicted octanol–water partition coefficient (Wildman–Crippen LogP) is 3.62. The molecule has 2 aromatic rings. The van der Waals surface area contributed by atoms with E-state index >= 15 is 0 Å². The quantitative estimate of drug-likeness (QED) is 0.854. The Labute approximate surface area is 148 Å². The lowest BCUT2D eigenvalue weighted by atomic mass is 9.94. The molecule has 1 aliphatic carbocycles. The van der Waals surface area contributed by atoms with Gasteiger partial charge in [-0.2, -0.15) is 4.98 Å². The summed E-state index contributed by atoms with van der Waals surface area (Å²) in [6.07, 6.45) is 7.21. The van der Waals surface area contributed by atoms with E-state index in [-0.39, 0.29) is 11.8 Å². The van der Waals surface area contributed by atoms with Gasteiger partial charge in [-0.25, -0.2) is 0 Å². The molecule has 2 aliphatic rings. The number of aryl methyl sites for hydroxylation is 1. The number of likely N-dealkylation sites (tertiary alicyclic amines) is 1. The average Bonchev–Trinajstić information content (AvgIpc) is 3.24. The molecule has 1 saturated heterocycles. The highest BCUT2D eigenvalue weighted by molar-refractivity contribution is 5.79. The Morgan fingerprint density at radius 2 is 1.92 bits per heavy atom. The average molecular weight is 339 g/mol. The fourth-order valence-electron chi connectivity index (χ4n) is 4.04. The molecule has 1 amide bonds. The number of aromatic nitrogens is 2. The highest BCUT2D eigenvalue weighted by atomic mass is 16.5. The summed E-state index contributed by atoms with van der Waals surface area (Å²) in [4.78, 5) is 19.1. The minimum atomic E-state index is 0.0740. The molecular formula is C20H25N3O2. The highest BCUT2D eigenvalue weighted by Crippen LogP contribution is 2.32. The van der Waals surface area contributed by atoms with Crippen molar-refractivity contribution in [1.82, 2.24) is 15.0 Å². The first-order valence-electron chi connectivity index (χ1n) is 9.36. The second-order valence-electron chi connectivity index (χ2n) is 7.45. The second-order valence-corrected chi connectivity index (χ2v) is 7.45. The van der Waals surface area contributed by atoms with Crippen LogP contribution in [-0.4, -0.2) is 33.5 Å². The summed E-state index contributed by atoms with van der Waals surface area (Å²) < 4.78 is 5.44. The van der Waals surface area contributed by atoms with Gasteiger partial charge < -0.3 is 9.42 Å². The fraction of sp³-hybridized carbons (Fsp3) is 0.550. The molecular weight excluding hydrogens is 314 g/mol. The summed E-state index contributed by atoms with van der Waals surface area (Å²) in [7, 11) is 0. The van der Waals surface area contributed by atoms with Gasteiger partial charge in [0.05, 0.1) is 6.42 Å². The molecule has 5 nitrogen and oxygen atoms in total. The van der Waals surface area contributed by atoms with Crippen LogP contribution in [0.3, 0.4) is 0 Å². The molecule has 1 aromatic carbocycles. The van der Waals surface area contributed by atoms with Gasteiger partial charge >= 0.3 is 0 Å².